The minimum atomic E-state index is -0.692. The van der Waals surface area contributed by atoms with Crippen LogP contribution in [0.2, 0.25) is 0 Å². The minimum absolute atomic E-state index is 0.104. The zero-order valence-corrected chi connectivity index (χ0v) is 12.2. The highest BCUT2D eigenvalue weighted by molar-refractivity contribution is 5.89. The zero-order chi connectivity index (χ0) is 15.3. The average Bonchev–Trinajstić information content (AvgIpc) is 3.10. The molecule has 4 rings (SSSR count). The van der Waals surface area contributed by atoms with Crippen molar-refractivity contribution in [2.45, 2.75) is 25.7 Å². The maximum Gasteiger partial charge on any atom is 0.336 e. The van der Waals surface area contributed by atoms with Gasteiger partial charge in [-0.2, -0.15) is 0 Å². The van der Waals surface area contributed by atoms with E-state index in [0.717, 1.165) is 12.0 Å². The second-order valence-corrected chi connectivity index (χ2v) is 5.99. The molecule has 1 fully saturated rings. The molecule has 1 aromatic rings. The maximum absolute atomic E-state index is 12.1. The Bertz CT molecular complexity index is 677. The molecule has 1 aliphatic carbocycles. The molecular formula is C17H16O5. The Morgan fingerprint density at radius 1 is 1.23 bits per heavy atom. The average molecular weight is 300 g/mol. The molecule has 1 aromatic carbocycles. The third-order valence-corrected chi connectivity index (χ3v) is 4.64. The van der Waals surface area contributed by atoms with E-state index in [9.17, 15) is 9.59 Å². The highest BCUT2D eigenvalue weighted by atomic mass is 16.7. The lowest BCUT2D eigenvalue weighted by Crippen LogP contribution is -2.25. The van der Waals surface area contributed by atoms with Crippen LogP contribution >= 0.6 is 0 Å². The van der Waals surface area contributed by atoms with E-state index >= 15 is 0 Å². The minimum Gasteiger partial charge on any atom is -0.457 e. The smallest absolute Gasteiger partial charge is 0.336 e. The molecule has 3 aliphatic rings. The molecule has 1 saturated heterocycles. The van der Waals surface area contributed by atoms with E-state index in [0.29, 0.717) is 5.57 Å². The lowest BCUT2D eigenvalue weighted by molar-refractivity contribution is -0.162. The summed E-state index contributed by atoms with van der Waals surface area (Å²) >= 11 is 0. The van der Waals surface area contributed by atoms with E-state index in [1.54, 1.807) is 13.0 Å². The first-order valence-corrected chi connectivity index (χ1v) is 7.43. The summed E-state index contributed by atoms with van der Waals surface area (Å²) in [7, 11) is 0. The number of ether oxygens (including phenoxy) is 3. The Morgan fingerprint density at radius 3 is 2.82 bits per heavy atom. The number of cyclic esters (lactones) is 1. The standard InChI is InChI=1S/C17H16O5/c1-9-6-14(21-16(9)18)20-8-13-12-7-10-4-2-3-5-11(10)15(12)22-17(13)19/h2-6,12-15H,7-8H2,1H3/t12-,13+,14-,15-/m1/s1. The van der Waals surface area contributed by atoms with E-state index < -0.39 is 6.29 Å². The van der Waals surface area contributed by atoms with E-state index in [1.807, 2.05) is 18.2 Å². The van der Waals surface area contributed by atoms with Crippen LogP contribution in [0.15, 0.2) is 35.9 Å². The number of hydrogen-bond acceptors (Lipinski definition) is 5. The van der Waals surface area contributed by atoms with E-state index in [4.69, 9.17) is 14.2 Å². The van der Waals surface area contributed by atoms with Gasteiger partial charge in [-0.25, -0.2) is 4.79 Å². The van der Waals surface area contributed by atoms with Gasteiger partial charge in [-0.3, -0.25) is 4.79 Å². The molecule has 0 unspecified atom stereocenters. The summed E-state index contributed by atoms with van der Waals surface area (Å²) in [6, 6.07) is 8.05. The summed E-state index contributed by atoms with van der Waals surface area (Å²) in [6.07, 6.45) is 1.59. The molecule has 0 amide bonds. The van der Waals surface area contributed by atoms with Gasteiger partial charge in [0.05, 0.1) is 12.5 Å². The zero-order valence-electron chi connectivity index (χ0n) is 12.2. The third kappa shape index (κ3) is 2.04. The molecular weight excluding hydrogens is 284 g/mol. The molecule has 0 radical (unpaired) electrons. The van der Waals surface area contributed by atoms with Gasteiger partial charge < -0.3 is 14.2 Å². The SMILES string of the molecule is CC1=C[C@H](OC[C@@H]2C(=O)O[C@@H]3c4ccccc4C[C@H]23)OC1=O. The van der Waals surface area contributed by atoms with Crippen LogP contribution in [0.5, 0.6) is 0 Å². The van der Waals surface area contributed by atoms with Crippen molar-refractivity contribution in [3.05, 3.63) is 47.0 Å². The van der Waals surface area contributed by atoms with Crippen LogP contribution in [-0.2, 0) is 30.2 Å². The van der Waals surface area contributed by atoms with Gasteiger partial charge in [0.1, 0.15) is 6.10 Å². The monoisotopic (exact) mass is 300 g/mol. The second-order valence-electron chi connectivity index (χ2n) is 5.99. The highest BCUT2D eigenvalue weighted by Crippen LogP contribution is 2.48. The van der Waals surface area contributed by atoms with E-state index in [2.05, 4.69) is 6.07 Å². The second kappa shape index (κ2) is 4.95. The van der Waals surface area contributed by atoms with E-state index in [1.165, 1.54) is 5.56 Å². The third-order valence-electron chi connectivity index (χ3n) is 4.64. The van der Waals surface area contributed by atoms with Crippen LogP contribution < -0.4 is 0 Å². The number of carbonyl (C=O) groups is 2. The topological polar surface area (TPSA) is 61.8 Å². The Kier molecular flexibility index (Phi) is 3.04. The van der Waals surface area contributed by atoms with Crippen molar-refractivity contribution in [1.82, 2.24) is 0 Å². The summed E-state index contributed by atoms with van der Waals surface area (Å²) in [6.45, 7) is 1.88. The number of hydrogen-bond donors (Lipinski definition) is 0. The molecule has 0 N–H and O–H groups in total. The van der Waals surface area contributed by atoms with Crippen molar-refractivity contribution < 1.29 is 23.8 Å². The van der Waals surface area contributed by atoms with Gasteiger partial charge in [0.15, 0.2) is 0 Å². The molecule has 0 saturated carbocycles. The molecule has 0 bridgehead atoms. The van der Waals surface area contributed by atoms with Gasteiger partial charge >= 0.3 is 11.9 Å². The highest BCUT2D eigenvalue weighted by Gasteiger charge is 2.49. The molecule has 5 heteroatoms. The largest absolute Gasteiger partial charge is 0.457 e. The number of esters is 2. The molecule has 2 heterocycles. The van der Waals surface area contributed by atoms with Crippen molar-refractivity contribution in [2.24, 2.45) is 11.8 Å². The van der Waals surface area contributed by atoms with Crippen molar-refractivity contribution in [2.75, 3.05) is 6.61 Å². The predicted octanol–water partition coefficient (Wildman–Crippen LogP) is 1.92. The first kappa shape index (κ1) is 13.5. The lowest BCUT2D eigenvalue weighted by Gasteiger charge is -2.16. The fourth-order valence-electron chi connectivity index (χ4n) is 3.46. The molecule has 5 nitrogen and oxygen atoms in total. The molecule has 114 valence electrons. The summed E-state index contributed by atoms with van der Waals surface area (Å²) in [5.74, 6) is -0.808. The Labute approximate surface area is 127 Å². The van der Waals surface area contributed by atoms with Crippen molar-refractivity contribution in [3.63, 3.8) is 0 Å². The lowest BCUT2D eigenvalue weighted by atomic mass is 9.91. The molecule has 2 aliphatic heterocycles. The van der Waals surface area contributed by atoms with E-state index in [-0.39, 0.29) is 36.5 Å². The Hall–Kier alpha value is -2.14. The molecule has 0 spiro atoms. The predicted molar refractivity (Wildman–Crippen MR) is 75.5 cm³/mol. The number of fused-ring (bicyclic) bond motifs is 3. The van der Waals surface area contributed by atoms with Gasteiger partial charge in [0.25, 0.3) is 0 Å². The van der Waals surface area contributed by atoms with Gasteiger partial charge in [0, 0.05) is 11.5 Å². The van der Waals surface area contributed by atoms with Crippen molar-refractivity contribution in [1.29, 1.82) is 0 Å². The Morgan fingerprint density at radius 2 is 2.05 bits per heavy atom. The molecule has 0 aromatic heterocycles. The van der Waals surface area contributed by atoms with Gasteiger partial charge in [0.2, 0.25) is 6.29 Å². The maximum atomic E-state index is 12.1. The number of rotatable bonds is 3. The fraction of sp³-hybridized carbons (Fsp3) is 0.412. The van der Waals surface area contributed by atoms with Crippen LogP contribution in [0.1, 0.15) is 24.2 Å². The van der Waals surface area contributed by atoms with Gasteiger partial charge in [-0.05, 0) is 30.5 Å². The summed E-state index contributed by atoms with van der Waals surface area (Å²) < 4.78 is 16.2. The Balaban J connectivity index is 1.46. The van der Waals surface area contributed by atoms with Crippen LogP contribution in [-0.4, -0.2) is 24.8 Å². The van der Waals surface area contributed by atoms with Gasteiger partial charge in [-0.1, -0.05) is 24.3 Å². The number of carbonyl (C=O) groups excluding carboxylic acids is 2. The van der Waals surface area contributed by atoms with Crippen LogP contribution in [0.25, 0.3) is 0 Å². The first-order valence-electron chi connectivity index (χ1n) is 7.43. The molecule has 4 atom stereocenters. The van der Waals surface area contributed by atoms with Crippen molar-refractivity contribution >= 4 is 11.9 Å². The fourth-order valence-corrected chi connectivity index (χ4v) is 3.46. The summed E-state index contributed by atoms with van der Waals surface area (Å²) in [4.78, 5) is 23.4. The first-order chi connectivity index (χ1) is 10.6. The van der Waals surface area contributed by atoms with Crippen molar-refractivity contribution in [3.8, 4) is 0 Å². The van der Waals surface area contributed by atoms with Crippen LogP contribution in [0.4, 0.5) is 0 Å². The van der Waals surface area contributed by atoms with Gasteiger partial charge in [-0.15, -0.1) is 0 Å². The summed E-state index contributed by atoms with van der Waals surface area (Å²) in [5, 5.41) is 0. The normalized spacial score (nSPS) is 32.3. The molecule has 22 heavy (non-hydrogen) atoms. The van der Waals surface area contributed by atoms with Crippen LogP contribution in [0, 0.1) is 11.8 Å². The quantitative estimate of drug-likeness (QED) is 0.798. The van der Waals surface area contributed by atoms with Crippen LogP contribution in [0.3, 0.4) is 0 Å². The summed E-state index contributed by atoms with van der Waals surface area (Å²) in [5.41, 5.74) is 2.87. The number of benzene rings is 1.